The van der Waals surface area contributed by atoms with Gasteiger partial charge in [0.25, 0.3) is 0 Å². The molecule has 0 aliphatic heterocycles. The van der Waals surface area contributed by atoms with E-state index in [9.17, 15) is 5.11 Å². The van der Waals surface area contributed by atoms with E-state index < -0.39 is 6.10 Å². The molecule has 0 saturated heterocycles. The van der Waals surface area contributed by atoms with Crippen molar-refractivity contribution in [3.63, 3.8) is 0 Å². The van der Waals surface area contributed by atoms with Gasteiger partial charge in [-0.1, -0.05) is 6.07 Å². The number of hydrogen-bond donors (Lipinski definition) is 2. The molecule has 0 aromatic heterocycles. The second kappa shape index (κ2) is 4.11. The molecule has 1 aromatic carbocycles. The molecule has 0 fully saturated rings. The lowest BCUT2D eigenvalue weighted by molar-refractivity contribution is 0.186. The molecule has 1 unspecified atom stereocenters. The molecule has 3 N–H and O–H groups in total. The van der Waals surface area contributed by atoms with Crippen LogP contribution in [0, 0.1) is 27.7 Å². The minimum absolute atomic E-state index is 0.281. The maximum atomic E-state index is 9.72. The highest BCUT2D eigenvalue weighted by atomic mass is 16.3. The summed E-state index contributed by atoms with van der Waals surface area (Å²) in [7, 11) is 0. The fraction of sp³-hybridized carbons (Fsp3) is 0.500. The van der Waals surface area contributed by atoms with Crippen molar-refractivity contribution in [3.8, 4) is 0 Å². The fourth-order valence-corrected chi connectivity index (χ4v) is 1.72. The molecule has 0 bridgehead atoms. The van der Waals surface area contributed by atoms with Crippen molar-refractivity contribution in [2.45, 2.75) is 33.8 Å². The van der Waals surface area contributed by atoms with Crippen molar-refractivity contribution in [2.24, 2.45) is 5.73 Å². The van der Waals surface area contributed by atoms with Gasteiger partial charge in [-0.25, -0.2) is 0 Å². The second-order valence-corrected chi connectivity index (χ2v) is 3.91. The van der Waals surface area contributed by atoms with Gasteiger partial charge in [-0.3, -0.25) is 0 Å². The Morgan fingerprint density at radius 1 is 1.14 bits per heavy atom. The summed E-state index contributed by atoms with van der Waals surface area (Å²) >= 11 is 0. The molecule has 1 rings (SSSR count). The van der Waals surface area contributed by atoms with Gasteiger partial charge in [-0.15, -0.1) is 0 Å². The molecule has 2 nitrogen and oxygen atoms in total. The first-order valence-electron chi connectivity index (χ1n) is 4.94. The smallest absolute Gasteiger partial charge is 0.0914 e. The maximum absolute atomic E-state index is 9.72. The third-order valence-electron chi connectivity index (χ3n) is 3.10. The van der Waals surface area contributed by atoms with Crippen LogP contribution in [0.15, 0.2) is 6.07 Å². The molecule has 78 valence electrons. The molecular weight excluding hydrogens is 174 g/mol. The number of aryl methyl sites for hydroxylation is 1. The highest BCUT2D eigenvalue weighted by Crippen LogP contribution is 2.25. The lowest BCUT2D eigenvalue weighted by atomic mass is 9.92. The summed E-state index contributed by atoms with van der Waals surface area (Å²) in [6.07, 6.45) is -0.534. The summed E-state index contributed by atoms with van der Waals surface area (Å²) in [5, 5.41) is 9.72. The quantitative estimate of drug-likeness (QED) is 0.753. The molecule has 0 aliphatic rings. The van der Waals surface area contributed by atoms with Crippen LogP contribution in [-0.2, 0) is 0 Å². The maximum Gasteiger partial charge on any atom is 0.0914 e. The third kappa shape index (κ3) is 1.81. The van der Waals surface area contributed by atoms with Crippen LogP contribution in [0.4, 0.5) is 0 Å². The summed E-state index contributed by atoms with van der Waals surface area (Å²) in [4.78, 5) is 0. The van der Waals surface area contributed by atoms with Crippen LogP contribution < -0.4 is 5.73 Å². The minimum atomic E-state index is -0.534. The Kier molecular flexibility index (Phi) is 3.29. The second-order valence-electron chi connectivity index (χ2n) is 3.91. The minimum Gasteiger partial charge on any atom is -0.387 e. The largest absolute Gasteiger partial charge is 0.387 e. The molecular formula is C12H19NO. The van der Waals surface area contributed by atoms with E-state index in [-0.39, 0.29) is 6.54 Å². The van der Waals surface area contributed by atoms with E-state index in [4.69, 9.17) is 5.73 Å². The van der Waals surface area contributed by atoms with Gasteiger partial charge in [0.05, 0.1) is 6.10 Å². The zero-order chi connectivity index (χ0) is 10.9. The summed E-state index contributed by atoms with van der Waals surface area (Å²) in [6.45, 7) is 8.58. The van der Waals surface area contributed by atoms with Crippen LogP contribution in [-0.4, -0.2) is 11.7 Å². The monoisotopic (exact) mass is 193 g/mol. The highest BCUT2D eigenvalue weighted by molar-refractivity contribution is 5.44. The molecule has 1 aromatic rings. The molecule has 0 heterocycles. The molecule has 0 aliphatic carbocycles. The summed E-state index contributed by atoms with van der Waals surface area (Å²) in [5.74, 6) is 0. The predicted octanol–water partition coefficient (Wildman–Crippen LogP) is 1.91. The predicted molar refractivity (Wildman–Crippen MR) is 59.4 cm³/mol. The van der Waals surface area contributed by atoms with E-state index in [1.165, 1.54) is 16.7 Å². The molecule has 0 radical (unpaired) electrons. The van der Waals surface area contributed by atoms with Crippen LogP contribution in [0.2, 0.25) is 0 Å². The topological polar surface area (TPSA) is 46.2 Å². The van der Waals surface area contributed by atoms with Gasteiger partial charge >= 0.3 is 0 Å². The number of benzene rings is 1. The summed E-state index contributed by atoms with van der Waals surface area (Å²) in [6, 6.07) is 2.04. The van der Waals surface area contributed by atoms with Crippen molar-refractivity contribution >= 4 is 0 Å². The summed E-state index contributed by atoms with van der Waals surface area (Å²) in [5.41, 5.74) is 11.4. The zero-order valence-electron chi connectivity index (χ0n) is 9.39. The Morgan fingerprint density at radius 3 is 2.21 bits per heavy atom. The standard InChI is InChI=1S/C12H19NO/c1-7-5-11(12(14)6-13)10(4)9(3)8(7)2/h5,12,14H,6,13H2,1-4H3. The van der Waals surface area contributed by atoms with Crippen molar-refractivity contribution < 1.29 is 5.11 Å². The fourth-order valence-electron chi connectivity index (χ4n) is 1.72. The Bertz CT molecular complexity index is 345. The van der Waals surface area contributed by atoms with E-state index in [2.05, 4.69) is 20.8 Å². The van der Waals surface area contributed by atoms with Gasteiger partial charge in [0.2, 0.25) is 0 Å². The Labute approximate surface area is 85.8 Å². The Balaban J connectivity index is 3.33. The van der Waals surface area contributed by atoms with E-state index in [1.54, 1.807) is 0 Å². The van der Waals surface area contributed by atoms with Crippen LogP contribution in [0.1, 0.15) is 33.9 Å². The molecule has 14 heavy (non-hydrogen) atoms. The van der Waals surface area contributed by atoms with E-state index >= 15 is 0 Å². The number of nitrogens with two attached hydrogens (primary N) is 1. The Hall–Kier alpha value is -0.860. The van der Waals surface area contributed by atoms with Crippen LogP contribution in [0.5, 0.6) is 0 Å². The van der Waals surface area contributed by atoms with Gasteiger partial charge in [0, 0.05) is 6.54 Å². The first-order valence-corrected chi connectivity index (χ1v) is 4.94. The van der Waals surface area contributed by atoms with Gasteiger partial charge < -0.3 is 10.8 Å². The number of aliphatic hydroxyl groups is 1. The first kappa shape index (κ1) is 11.2. The SMILES string of the molecule is Cc1cc(C(O)CN)c(C)c(C)c1C. The first-order chi connectivity index (χ1) is 6.49. The Morgan fingerprint density at radius 2 is 1.71 bits per heavy atom. The van der Waals surface area contributed by atoms with Crippen molar-refractivity contribution in [2.75, 3.05) is 6.54 Å². The van der Waals surface area contributed by atoms with Crippen molar-refractivity contribution in [3.05, 3.63) is 33.9 Å². The van der Waals surface area contributed by atoms with Gasteiger partial charge in [0.15, 0.2) is 0 Å². The van der Waals surface area contributed by atoms with Crippen LogP contribution >= 0.6 is 0 Å². The van der Waals surface area contributed by atoms with Crippen LogP contribution in [0.25, 0.3) is 0 Å². The van der Waals surface area contributed by atoms with Crippen molar-refractivity contribution in [1.29, 1.82) is 0 Å². The molecule has 0 amide bonds. The molecule has 0 saturated carbocycles. The van der Waals surface area contributed by atoms with Gasteiger partial charge in [-0.2, -0.15) is 0 Å². The third-order valence-corrected chi connectivity index (χ3v) is 3.10. The number of rotatable bonds is 2. The molecule has 1 atom stereocenters. The van der Waals surface area contributed by atoms with E-state index in [0.29, 0.717) is 0 Å². The van der Waals surface area contributed by atoms with Gasteiger partial charge in [-0.05, 0) is 55.5 Å². The number of aliphatic hydroxyl groups excluding tert-OH is 1. The van der Waals surface area contributed by atoms with Crippen molar-refractivity contribution in [1.82, 2.24) is 0 Å². The van der Waals surface area contributed by atoms with Crippen LogP contribution in [0.3, 0.4) is 0 Å². The number of hydrogen-bond acceptors (Lipinski definition) is 2. The van der Waals surface area contributed by atoms with E-state index in [1.807, 2.05) is 13.0 Å². The zero-order valence-corrected chi connectivity index (χ0v) is 9.39. The highest BCUT2D eigenvalue weighted by Gasteiger charge is 2.12. The van der Waals surface area contributed by atoms with Gasteiger partial charge in [0.1, 0.15) is 0 Å². The molecule has 0 spiro atoms. The summed E-state index contributed by atoms with van der Waals surface area (Å²) < 4.78 is 0. The lowest BCUT2D eigenvalue weighted by Gasteiger charge is -2.17. The molecule has 2 heteroatoms. The normalized spacial score (nSPS) is 13.0. The van der Waals surface area contributed by atoms with E-state index in [0.717, 1.165) is 11.1 Å². The average molecular weight is 193 g/mol. The average Bonchev–Trinajstić information content (AvgIpc) is 2.19. The lowest BCUT2D eigenvalue weighted by Crippen LogP contribution is -2.14.